The summed E-state index contributed by atoms with van der Waals surface area (Å²) in [6, 6.07) is 15.7. The first-order valence-corrected chi connectivity index (χ1v) is 10.1. The molecular weight excluding hydrogens is 376 g/mol. The Hall–Kier alpha value is -2.35. The van der Waals surface area contributed by atoms with Gasteiger partial charge in [-0.05, 0) is 24.3 Å². The Kier molecular flexibility index (Phi) is 5.42. The van der Waals surface area contributed by atoms with Crippen molar-refractivity contribution in [1.29, 1.82) is 0 Å². The first-order valence-electron chi connectivity index (χ1n) is 8.82. The second kappa shape index (κ2) is 8.12. The van der Waals surface area contributed by atoms with Crippen LogP contribution < -0.4 is 15.5 Å². The third-order valence-electron chi connectivity index (χ3n) is 4.46. The highest BCUT2D eigenvalue weighted by Gasteiger charge is 2.17. The molecule has 0 saturated carbocycles. The Morgan fingerprint density at radius 2 is 1.85 bits per heavy atom. The quantitative estimate of drug-likeness (QED) is 0.588. The summed E-state index contributed by atoms with van der Waals surface area (Å²) in [4.78, 5) is 20.4. The summed E-state index contributed by atoms with van der Waals surface area (Å²) in [5.74, 6) is -0.189. The second-order valence-electron chi connectivity index (χ2n) is 6.29. The van der Waals surface area contributed by atoms with Crippen molar-refractivity contribution in [3.05, 3.63) is 59.6 Å². The van der Waals surface area contributed by atoms with Gasteiger partial charge in [0.25, 0.3) is 5.91 Å². The molecule has 1 aliphatic heterocycles. The van der Waals surface area contributed by atoms with Crippen molar-refractivity contribution in [2.24, 2.45) is 0 Å². The van der Waals surface area contributed by atoms with Crippen molar-refractivity contribution in [2.75, 3.05) is 36.4 Å². The van der Waals surface area contributed by atoms with E-state index < -0.39 is 0 Å². The summed E-state index contributed by atoms with van der Waals surface area (Å²) in [6.07, 6.45) is 0. The van der Waals surface area contributed by atoms with E-state index in [2.05, 4.69) is 33.1 Å². The van der Waals surface area contributed by atoms with Crippen LogP contribution in [0.5, 0.6) is 0 Å². The zero-order valence-electron chi connectivity index (χ0n) is 14.7. The van der Waals surface area contributed by atoms with E-state index in [1.54, 1.807) is 5.38 Å². The highest BCUT2D eigenvalue weighted by molar-refractivity contribution is 7.80. The highest BCUT2D eigenvalue weighted by atomic mass is 32.1. The summed E-state index contributed by atoms with van der Waals surface area (Å²) in [7, 11) is 0. The van der Waals surface area contributed by atoms with Gasteiger partial charge < -0.3 is 15.5 Å². The van der Waals surface area contributed by atoms with Gasteiger partial charge in [-0.1, -0.05) is 24.3 Å². The average molecular weight is 397 g/mol. The number of rotatable bonds is 4. The van der Waals surface area contributed by atoms with E-state index in [-0.39, 0.29) is 5.91 Å². The molecule has 0 unspecified atom stereocenters. The lowest BCUT2D eigenvalue weighted by Gasteiger charge is -2.31. The van der Waals surface area contributed by atoms with Crippen molar-refractivity contribution in [3.8, 4) is 10.6 Å². The number of nitrogens with one attached hydrogen (secondary N) is 2. The molecule has 1 fully saturated rings. The molecule has 1 saturated heterocycles. The number of para-hydroxylation sites is 2. The van der Waals surface area contributed by atoms with Crippen LogP contribution in [0.2, 0.25) is 0 Å². The van der Waals surface area contributed by atoms with E-state index in [9.17, 15) is 4.79 Å². The molecule has 2 aromatic carbocycles. The van der Waals surface area contributed by atoms with Gasteiger partial charge in [0.2, 0.25) is 0 Å². The minimum Gasteiger partial charge on any atom is -0.367 e. The third kappa shape index (κ3) is 4.16. The van der Waals surface area contributed by atoms with E-state index in [4.69, 9.17) is 0 Å². The molecular formula is C20H20N4OS2. The molecule has 138 valence electrons. The number of anilines is 2. The van der Waals surface area contributed by atoms with Crippen molar-refractivity contribution in [2.45, 2.75) is 4.90 Å². The Morgan fingerprint density at radius 1 is 1.11 bits per heavy atom. The Balaban J connectivity index is 1.52. The van der Waals surface area contributed by atoms with Gasteiger partial charge in [-0.15, -0.1) is 24.0 Å². The molecule has 27 heavy (non-hydrogen) atoms. The van der Waals surface area contributed by atoms with Crippen LogP contribution >= 0.6 is 24.0 Å². The smallest absolute Gasteiger partial charge is 0.275 e. The number of piperazine rings is 1. The third-order valence-corrected chi connectivity index (χ3v) is 5.65. The molecule has 0 aliphatic carbocycles. The number of thiazole rings is 1. The zero-order chi connectivity index (χ0) is 18.6. The number of aromatic nitrogens is 1. The SMILES string of the molecule is O=C(Nc1ccccc1N1CCNCC1)c1csc(-c2ccc(S)cc2)n1. The van der Waals surface area contributed by atoms with Crippen LogP contribution in [0.3, 0.4) is 0 Å². The first kappa shape index (κ1) is 18.0. The maximum absolute atomic E-state index is 12.7. The topological polar surface area (TPSA) is 57.3 Å². The molecule has 4 rings (SSSR count). The highest BCUT2D eigenvalue weighted by Crippen LogP contribution is 2.28. The number of hydrogen-bond acceptors (Lipinski definition) is 6. The van der Waals surface area contributed by atoms with Crippen LogP contribution in [0.25, 0.3) is 10.6 Å². The normalized spacial score (nSPS) is 14.2. The Bertz CT molecular complexity index is 933. The largest absolute Gasteiger partial charge is 0.367 e. The molecule has 5 nitrogen and oxygen atoms in total. The van der Waals surface area contributed by atoms with E-state index >= 15 is 0 Å². The standard InChI is InChI=1S/C20H20N4OS2/c25-19(17-13-27-20(23-17)14-5-7-15(26)8-6-14)22-16-3-1-2-4-18(16)24-11-9-21-10-12-24/h1-8,13,21,26H,9-12H2,(H,22,25). The number of benzene rings is 2. The van der Waals surface area contributed by atoms with Crippen LogP contribution in [0, 0.1) is 0 Å². The Labute approximate surface area is 167 Å². The lowest BCUT2D eigenvalue weighted by Crippen LogP contribution is -2.43. The number of hydrogen-bond donors (Lipinski definition) is 3. The average Bonchev–Trinajstić information content (AvgIpc) is 3.20. The van der Waals surface area contributed by atoms with Crippen LogP contribution in [-0.4, -0.2) is 37.1 Å². The summed E-state index contributed by atoms with van der Waals surface area (Å²) < 4.78 is 0. The van der Waals surface area contributed by atoms with Gasteiger partial charge in [-0.3, -0.25) is 4.79 Å². The second-order valence-corrected chi connectivity index (χ2v) is 7.67. The fourth-order valence-corrected chi connectivity index (χ4v) is 4.02. The lowest BCUT2D eigenvalue weighted by atomic mass is 10.2. The monoisotopic (exact) mass is 396 g/mol. The number of thiol groups is 1. The summed E-state index contributed by atoms with van der Waals surface area (Å²) >= 11 is 5.77. The maximum atomic E-state index is 12.7. The summed E-state index contributed by atoms with van der Waals surface area (Å²) in [5.41, 5.74) is 3.28. The van der Waals surface area contributed by atoms with Gasteiger partial charge >= 0.3 is 0 Å². The molecule has 0 atom stereocenters. The number of carbonyl (C=O) groups is 1. The van der Waals surface area contributed by atoms with Gasteiger partial charge in [0.05, 0.1) is 11.4 Å². The molecule has 0 radical (unpaired) electrons. The van der Waals surface area contributed by atoms with Crippen molar-refractivity contribution in [1.82, 2.24) is 10.3 Å². The fraction of sp³-hybridized carbons (Fsp3) is 0.200. The molecule has 2 N–H and O–H groups in total. The molecule has 0 bridgehead atoms. The zero-order valence-corrected chi connectivity index (χ0v) is 16.4. The van der Waals surface area contributed by atoms with E-state index in [1.807, 2.05) is 48.5 Å². The summed E-state index contributed by atoms with van der Waals surface area (Å²) in [6.45, 7) is 3.75. The lowest BCUT2D eigenvalue weighted by molar-refractivity contribution is 0.102. The van der Waals surface area contributed by atoms with E-state index in [0.717, 1.165) is 53.0 Å². The molecule has 0 spiro atoms. The van der Waals surface area contributed by atoms with Gasteiger partial charge in [-0.25, -0.2) is 4.98 Å². The minimum absolute atomic E-state index is 0.189. The predicted octanol–water partition coefficient (Wildman–Crippen LogP) is 3.76. The van der Waals surface area contributed by atoms with E-state index in [0.29, 0.717) is 5.69 Å². The number of amides is 1. The number of carbonyl (C=O) groups excluding carboxylic acids is 1. The molecule has 3 aromatic rings. The maximum Gasteiger partial charge on any atom is 0.275 e. The van der Waals surface area contributed by atoms with Crippen LogP contribution in [-0.2, 0) is 0 Å². The predicted molar refractivity (Wildman–Crippen MR) is 114 cm³/mol. The molecule has 1 aromatic heterocycles. The van der Waals surface area contributed by atoms with Crippen molar-refractivity contribution < 1.29 is 4.79 Å². The molecule has 2 heterocycles. The summed E-state index contributed by atoms with van der Waals surface area (Å²) in [5, 5.41) is 9.00. The molecule has 1 aliphatic rings. The van der Waals surface area contributed by atoms with Gasteiger partial charge in [-0.2, -0.15) is 0 Å². The Morgan fingerprint density at radius 3 is 2.63 bits per heavy atom. The number of nitrogens with zero attached hydrogens (tertiary/aromatic N) is 2. The fourth-order valence-electron chi connectivity index (χ4n) is 3.06. The van der Waals surface area contributed by atoms with E-state index in [1.165, 1.54) is 11.3 Å². The van der Waals surface area contributed by atoms with Crippen LogP contribution in [0.15, 0.2) is 58.8 Å². The van der Waals surface area contributed by atoms with Gasteiger partial charge in [0.15, 0.2) is 0 Å². The minimum atomic E-state index is -0.189. The van der Waals surface area contributed by atoms with Gasteiger partial charge in [0, 0.05) is 42.0 Å². The van der Waals surface area contributed by atoms with Crippen LogP contribution in [0.1, 0.15) is 10.5 Å². The van der Waals surface area contributed by atoms with Gasteiger partial charge in [0.1, 0.15) is 10.7 Å². The van der Waals surface area contributed by atoms with Crippen LogP contribution in [0.4, 0.5) is 11.4 Å². The van der Waals surface area contributed by atoms with Crippen molar-refractivity contribution in [3.63, 3.8) is 0 Å². The first-order chi connectivity index (χ1) is 13.2. The van der Waals surface area contributed by atoms with Crippen molar-refractivity contribution >= 4 is 41.2 Å². The molecule has 7 heteroatoms. The molecule has 1 amide bonds.